The van der Waals surface area contributed by atoms with Gasteiger partial charge in [-0.3, -0.25) is 4.79 Å². The summed E-state index contributed by atoms with van der Waals surface area (Å²) in [6, 6.07) is 13.0. The molecule has 1 aliphatic rings. The molecule has 1 aliphatic carbocycles. The van der Waals surface area contributed by atoms with Crippen LogP contribution in [-0.2, 0) is 0 Å². The van der Waals surface area contributed by atoms with E-state index in [-0.39, 0.29) is 11.7 Å². The number of aromatic hydroxyl groups is 1. The Hall–Kier alpha value is -1.81. The molecule has 1 fully saturated rings. The zero-order valence-electron chi connectivity index (χ0n) is 10.8. The van der Waals surface area contributed by atoms with Crippen LogP contribution < -0.4 is 5.32 Å². The average molecular weight is 332 g/mol. The van der Waals surface area contributed by atoms with Crippen molar-refractivity contribution in [3.63, 3.8) is 0 Å². The van der Waals surface area contributed by atoms with E-state index in [9.17, 15) is 9.90 Å². The predicted molar refractivity (Wildman–Crippen MR) is 81.7 cm³/mol. The van der Waals surface area contributed by atoms with Crippen LogP contribution in [0, 0.1) is 0 Å². The van der Waals surface area contributed by atoms with Gasteiger partial charge in [0.1, 0.15) is 5.75 Å². The van der Waals surface area contributed by atoms with E-state index in [1.54, 1.807) is 18.2 Å². The number of halogens is 1. The highest BCUT2D eigenvalue weighted by molar-refractivity contribution is 9.10. The largest absolute Gasteiger partial charge is 0.508 e. The van der Waals surface area contributed by atoms with Gasteiger partial charge in [0, 0.05) is 16.1 Å². The molecule has 2 aromatic carbocycles. The van der Waals surface area contributed by atoms with Crippen LogP contribution in [0.3, 0.4) is 0 Å². The maximum absolute atomic E-state index is 12.0. The number of hydrogen-bond acceptors (Lipinski definition) is 2. The van der Waals surface area contributed by atoms with Gasteiger partial charge in [-0.25, -0.2) is 0 Å². The maximum atomic E-state index is 12.0. The molecule has 0 bridgehead atoms. The second-order valence-corrected chi connectivity index (χ2v) is 5.94. The smallest absolute Gasteiger partial charge is 0.251 e. The lowest BCUT2D eigenvalue weighted by molar-refractivity contribution is 0.0951. The van der Waals surface area contributed by atoms with E-state index in [4.69, 9.17) is 0 Å². The summed E-state index contributed by atoms with van der Waals surface area (Å²) in [4.78, 5) is 12.0. The van der Waals surface area contributed by atoms with Crippen molar-refractivity contribution in [2.45, 2.75) is 18.9 Å². The van der Waals surface area contributed by atoms with Crippen molar-refractivity contribution >= 4 is 21.8 Å². The van der Waals surface area contributed by atoms with Crippen LogP contribution >= 0.6 is 15.9 Å². The Balaban J connectivity index is 1.91. The van der Waals surface area contributed by atoms with Gasteiger partial charge in [-0.1, -0.05) is 28.1 Å². The molecular formula is C16H14BrNO2. The summed E-state index contributed by atoms with van der Waals surface area (Å²) in [7, 11) is 0. The lowest BCUT2D eigenvalue weighted by Gasteiger charge is -2.07. The fourth-order valence-corrected chi connectivity index (χ4v) is 2.56. The molecule has 0 aromatic heterocycles. The minimum Gasteiger partial charge on any atom is -0.508 e. The van der Waals surface area contributed by atoms with E-state index in [1.807, 2.05) is 24.3 Å². The van der Waals surface area contributed by atoms with Gasteiger partial charge >= 0.3 is 0 Å². The molecule has 20 heavy (non-hydrogen) atoms. The van der Waals surface area contributed by atoms with Gasteiger partial charge in [0.05, 0.1) is 0 Å². The summed E-state index contributed by atoms with van der Waals surface area (Å²) in [5.74, 6) is 0.163. The van der Waals surface area contributed by atoms with Crippen LogP contribution in [0.25, 0.3) is 11.1 Å². The number of carbonyl (C=O) groups excluding carboxylic acids is 1. The molecule has 0 aliphatic heterocycles. The maximum Gasteiger partial charge on any atom is 0.251 e. The van der Waals surface area contributed by atoms with E-state index >= 15 is 0 Å². The Kier molecular flexibility index (Phi) is 3.49. The molecule has 3 nitrogen and oxygen atoms in total. The summed E-state index contributed by atoms with van der Waals surface area (Å²) >= 11 is 3.36. The highest BCUT2D eigenvalue weighted by Gasteiger charge is 2.23. The predicted octanol–water partition coefficient (Wildman–Crippen LogP) is 3.71. The third-order valence-corrected chi connectivity index (χ3v) is 3.71. The van der Waals surface area contributed by atoms with Crippen LogP contribution in [0.15, 0.2) is 46.9 Å². The normalized spacial score (nSPS) is 14.1. The molecule has 2 N–H and O–H groups in total. The second kappa shape index (κ2) is 5.29. The van der Waals surface area contributed by atoms with E-state index in [0.717, 1.165) is 28.4 Å². The fourth-order valence-electron chi connectivity index (χ4n) is 2.08. The number of benzene rings is 2. The third-order valence-electron chi connectivity index (χ3n) is 3.25. The summed E-state index contributed by atoms with van der Waals surface area (Å²) in [6.45, 7) is 0. The molecule has 4 heteroatoms. The Labute approximate surface area is 125 Å². The monoisotopic (exact) mass is 331 g/mol. The zero-order valence-corrected chi connectivity index (χ0v) is 12.4. The summed E-state index contributed by atoms with van der Waals surface area (Å²) < 4.78 is 0.806. The van der Waals surface area contributed by atoms with Gasteiger partial charge in [-0.2, -0.15) is 0 Å². The van der Waals surface area contributed by atoms with Crippen LogP contribution in [0.5, 0.6) is 5.75 Å². The molecule has 3 rings (SSSR count). The Morgan fingerprint density at radius 3 is 2.65 bits per heavy atom. The minimum absolute atomic E-state index is 0.0337. The van der Waals surface area contributed by atoms with Crippen molar-refractivity contribution in [3.8, 4) is 16.9 Å². The first-order valence-electron chi connectivity index (χ1n) is 6.53. The van der Waals surface area contributed by atoms with Gasteiger partial charge in [0.2, 0.25) is 0 Å². The fraction of sp³-hybridized carbons (Fsp3) is 0.188. The number of hydrogen-bond donors (Lipinski definition) is 2. The zero-order chi connectivity index (χ0) is 14.1. The summed E-state index contributed by atoms with van der Waals surface area (Å²) in [5.41, 5.74) is 2.43. The van der Waals surface area contributed by atoms with E-state index in [2.05, 4.69) is 21.2 Å². The second-order valence-electron chi connectivity index (χ2n) is 5.03. The lowest BCUT2D eigenvalue weighted by atomic mass is 10.0. The molecule has 0 heterocycles. The molecule has 2 aromatic rings. The lowest BCUT2D eigenvalue weighted by Crippen LogP contribution is -2.25. The number of carbonyl (C=O) groups is 1. The minimum atomic E-state index is -0.0337. The highest BCUT2D eigenvalue weighted by atomic mass is 79.9. The Morgan fingerprint density at radius 1 is 1.15 bits per heavy atom. The van der Waals surface area contributed by atoms with Crippen molar-refractivity contribution < 1.29 is 9.90 Å². The number of phenols is 1. The first kappa shape index (κ1) is 13.2. The highest BCUT2D eigenvalue weighted by Crippen LogP contribution is 2.28. The number of rotatable bonds is 3. The number of amides is 1. The van der Waals surface area contributed by atoms with Gasteiger partial charge in [0.15, 0.2) is 0 Å². The first-order chi connectivity index (χ1) is 9.61. The number of phenolic OH excluding ortho intramolecular Hbond substituents is 1. The molecule has 1 amide bonds. The molecular weight excluding hydrogens is 318 g/mol. The van der Waals surface area contributed by atoms with Crippen LogP contribution in [0.1, 0.15) is 23.2 Å². The van der Waals surface area contributed by atoms with Gasteiger partial charge < -0.3 is 10.4 Å². The quantitative estimate of drug-likeness (QED) is 0.900. The topological polar surface area (TPSA) is 49.3 Å². The first-order valence-corrected chi connectivity index (χ1v) is 7.32. The third kappa shape index (κ3) is 3.02. The molecule has 0 radical (unpaired) electrons. The van der Waals surface area contributed by atoms with Crippen molar-refractivity contribution in [2.75, 3.05) is 0 Å². The Morgan fingerprint density at radius 2 is 1.95 bits per heavy atom. The van der Waals surface area contributed by atoms with Crippen LogP contribution in [0.4, 0.5) is 0 Å². The Bertz CT molecular complexity index is 645. The number of nitrogens with one attached hydrogen (secondary N) is 1. The molecule has 0 spiro atoms. The van der Waals surface area contributed by atoms with Gasteiger partial charge in [0.25, 0.3) is 5.91 Å². The van der Waals surface area contributed by atoms with Gasteiger partial charge in [-0.05, 0) is 54.3 Å². The summed E-state index contributed by atoms with van der Waals surface area (Å²) in [5, 5.41) is 12.6. The SMILES string of the molecule is O=C(NC1CC1)c1cccc(-c2cc(O)cc(Br)c2)c1. The van der Waals surface area contributed by atoms with Crippen LogP contribution in [0.2, 0.25) is 0 Å². The van der Waals surface area contributed by atoms with Crippen molar-refractivity contribution in [2.24, 2.45) is 0 Å². The van der Waals surface area contributed by atoms with Crippen molar-refractivity contribution in [1.29, 1.82) is 0 Å². The van der Waals surface area contributed by atoms with Gasteiger partial charge in [-0.15, -0.1) is 0 Å². The molecule has 102 valence electrons. The van der Waals surface area contributed by atoms with Crippen LogP contribution in [-0.4, -0.2) is 17.1 Å². The molecule has 0 saturated heterocycles. The summed E-state index contributed by atoms with van der Waals surface area (Å²) in [6.07, 6.45) is 2.15. The van der Waals surface area contributed by atoms with Crippen molar-refractivity contribution in [3.05, 3.63) is 52.5 Å². The standard InChI is InChI=1S/C16H14BrNO2/c17-13-7-12(8-15(19)9-13)10-2-1-3-11(6-10)16(20)18-14-4-5-14/h1-3,6-9,14,19H,4-5H2,(H,18,20). The molecule has 1 saturated carbocycles. The molecule has 0 unspecified atom stereocenters. The average Bonchev–Trinajstić information content (AvgIpc) is 3.22. The van der Waals surface area contributed by atoms with Crippen molar-refractivity contribution in [1.82, 2.24) is 5.32 Å². The van der Waals surface area contributed by atoms with E-state index in [0.29, 0.717) is 11.6 Å². The van der Waals surface area contributed by atoms with E-state index in [1.165, 1.54) is 0 Å². The molecule has 0 atom stereocenters. The van der Waals surface area contributed by atoms with E-state index < -0.39 is 0 Å².